The molecule has 2 aromatic rings. The molecule has 0 aliphatic rings. The van der Waals surface area contributed by atoms with Crippen LogP contribution in [0.15, 0.2) is 47.2 Å². The number of nitrogens with two attached hydrogens (primary N) is 1. The second-order valence-electron chi connectivity index (χ2n) is 2.59. The number of benzene rings is 1. The quantitative estimate of drug-likeness (QED) is 0.746. The molecule has 0 fully saturated rings. The molecule has 1 heterocycles. The summed E-state index contributed by atoms with van der Waals surface area (Å²) in [7, 11) is 0. The minimum Gasteiger partial charge on any atom is -0.465 e. The van der Waals surface area contributed by atoms with Crippen LogP contribution in [-0.2, 0) is 0 Å². The Bertz CT molecular complexity index is 394. The van der Waals surface area contributed by atoms with Crippen molar-refractivity contribution in [3.8, 4) is 11.3 Å². The summed E-state index contributed by atoms with van der Waals surface area (Å²) in [6.45, 7) is 0. The lowest BCUT2D eigenvalue weighted by molar-refractivity contribution is 0.205. The topological polar surface area (TPSA) is 89.4 Å². The molecule has 1 aromatic carbocycles. The Morgan fingerprint density at radius 2 is 1.87 bits per heavy atom. The molecular formula is C10H10N2O3. The fourth-order valence-corrected chi connectivity index (χ4v) is 0.970. The molecule has 0 spiro atoms. The van der Waals surface area contributed by atoms with Gasteiger partial charge < -0.3 is 15.4 Å². The van der Waals surface area contributed by atoms with E-state index in [0.717, 1.165) is 11.3 Å². The van der Waals surface area contributed by atoms with E-state index in [1.165, 1.54) is 0 Å². The summed E-state index contributed by atoms with van der Waals surface area (Å²) < 4.78 is 4.72. The van der Waals surface area contributed by atoms with Crippen molar-refractivity contribution in [3.63, 3.8) is 0 Å². The number of rotatable bonds is 1. The van der Waals surface area contributed by atoms with E-state index >= 15 is 0 Å². The molecule has 0 atom stereocenters. The van der Waals surface area contributed by atoms with Crippen LogP contribution in [0.2, 0.25) is 0 Å². The van der Waals surface area contributed by atoms with E-state index in [9.17, 15) is 0 Å². The molecule has 0 saturated carbocycles. The Morgan fingerprint density at radius 3 is 2.33 bits per heavy atom. The molecule has 2 rings (SSSR count). The monoisotopic (exact) mass is 206 g/mol. The standard InChI is InChI=1S/C9H7NO.CH3NO2/c1-2-4-8(5-3-1)9-6-7-11-10-9;2-1(3)4/h1-7H;2H2,(H,3,4). The number of aromatic nitrogens is 1. The highest BCUT2D eigenvalue weighted by atomic mass is 16.5. The van der Waals surface area contributed by atoms with Crippen molar-refractivity contribution in [2.75, 3.05) is 0 Å². The van der Waals surface area contributed by atoms with E-state index in [4.69, 9.17) is 14.4 Å². The number of primary amides is 1. The largest absolute Gasteiger partial charge is 0.465 e. The number of nitrogens with zero attached hydrogens (tertiary/aromatic N) is 1. The summed E-state index contributed by atoms with van der Waals surface area (Å²) in [5.41, 5.74) is 5.99. The molecule has 0 aliphatic carbocycles. The molecule has 78 valence electrons. The van der Waals surface area contributed by atoms with Gasteiger partial charge in [0.1, 0.15) is 12.0 Å². The van der Waals surface area contributed by atoms with Crippen LogP contribution in [0.3, 0.4) is 0 Å². The fourth-order valence-electron chi connectivity index (χ4n) is 0.970. The first-order valence-corrected chi connectivity index (χ1v) is 4.14. The predicted molar refractivity (Wildman–Crippen MR) is 54.2 cm³/mol. The first kappa shape index (κ1) is 10.8. The van der Waals surface area contributed by atoms with Gasteiger partial charge in [0.05, 0.1) is 0 Å². The summed E-state index contributed by atoms with van der Waals surface area (Å²) in [5.74, 6) is 0. The minimum atomic E-state index is -1.33. The maximum atomic E-state index is 8.78. The van der Waals surface area contributed by atoms with Crippen LogP contribution >= 0.6 is 0 Å². The van der Waals surface area contributed by atoms with Crippen molar-refractivity contribution in [1.82, 2.24) is 5.16 Å². The second-order valence-corrected chi connectivity index (χ2v) is 2.59. The van der Waals surface area contributed by atoms with Crippen LogP contribution in [0.25, 0.3) is 11.3 Å². The molecule has 0 bridgehead atoms. The average Bonchev–Trinajstić information content (AvgIpc) is 2.71. The summed E-state index contributed by atoms with van der Waals surface area (Å²) in [6.07, 6.45) is 0.238. The molecule has 0 radical (unpaired) electrons. The predicted octanol–water partition coefficient (Wildman–Crippen LogP) is 1.96. The van der Waals surface area contributed by atoms with Gasteiger partial charge in [0.15, 0.2) is 0 Å². The van der Waals surface area contributed by atoms with Gasteiger partial charge in [0, 0.05) is 11.6 Å². The van der Waals surface area contributed by atoms with E-state index in [1.54, 1.807) is 6.26 Å². The van der Waals surface area contributed by atoms with Crippen LogP contribution in [0.5, 0.6) is 0 Å². The highest BCUT2D eigenvalue weighted by Crippen LogP contribution is 2.14. The summed E-state index contributed by atoms with van der Waals surface area (Å²) in [6, 6.07) is 11.8. The smallest absolute Gasteiger partial charge is 0.402 e. The third kappa shape index (κ3) is 3.95. The lowest BCUT2D eigenvalue weighted by Crippen LogP contribution is -2.03. The maximum Gasteiger partial charge on any atom is 0.402 e. The zero-order valence-corrected chi connectivity index (χ0v) is 7.83. The van der Waals surface area contributed by atoms with Crippen LogP contribution in [0.1, 0.15) is 0 Å². The van der Waals surface area contributed by atoms with E-state index < -0.39 is 6.09 Å². The lowest BCUT2D eigenvalue weighted by atomic mass is 10.2. The molecule has 5 heteroatoms. The fraction of sp³-hybridized carbons (Fsp3) is 0. The van der Waals surface area contributed by atoms with Crippen molar-refractivity contribution in [3.05, 3.63) is 42.7 Å². The molecule has 1 amide bonds. The van der Waals surface area contributed by atoms with Gasteiger partial charge in [0.25, 0.3) is 0 Å². The Balaban J connectivity index is 0.000000245. The van der Waals surface area contributed by atoms with Gasteiger partial charge >= 0.3 is 6.09 Å². The van der Waals surface area contributed by atoms with E-state index in [0.29, 0.717) is 0 Å². The normalized spacial score (nSPS) is 8.80. The van der Waals surface area contributed by atoms with Gasteiger partial charge in [-0.15, -0.1) is 0 Å². The third-order valence-electron chi connectivity index (χ3n) is 1.51. The third-order valence-corrected chi connectivity index (χ3v) is 1.51. The molecular weight excluding hydrogens is 196 g/mol. The zero-order chi connectivity index (χ0) is 11.1. The molecule has 15 heavy (non-hydrogen) atoms. The summed E-state index contributed by atoms with van der Waals surface area (Å²) in [5, 5.41) is 11.0. The summed E-state index contributed by atoms with van der Waals surface area (Å²) in [4.78, 5) is 8.78. The Hall–Kier alpha value is -2.30. The summed E-state index contributed by atoms with van der Waals surface area (Å²) >= 11 is 0. The average molecular weight is 206 g/mol. The number of carbonyl (C=O) groups is 1. The van der Waals surface area contributed by atoms with E-state index in [1.807, 2.05) is 36.4 Å². The molecule has 3 N–H and O–H groups in total. The second kappa shape index (κ2) is 5.43. The van der Waals surface area contributed by atoms with Gasteiger partial charge in [-0.25, -0.2) is 4.79 Å². The number of amides is 1. The zero-order valence-electron chi connectivity index (χ0n) is 7.83. The molecule has 0 unspecified atom stereocenters. The number of hydrogen-bond acceptors (Lipinski definition) is 3. The van der Waals surface area contributed by atoms with Crippen molar-refractivity contribution in [2.24, 2.45) is 5.73 Å². The highest BCUT2D eigenvalue weighted by molar-refractivity contribution is 5.61. The minimum absolute atomic E-state index is 0.880. The molecule has 0 aliphatic heterocycles. The van der Waals surface area contributed by atoms with E-state index in [-0.39, 0.29) is 0 Å². The highest BCUT2D eigenvalue weighted by Gasteiger charge is 1.96. The number of carboxylic acid groups (broad SMARTS) is 1. The Morgan fingerprint density at radius 1 is 1.27 bits per heavy atom. The van der Waals surface area contributed by atoms with Gasteiger partial charge in [-0.3, -0.25) is 0 Å². The van der Waals surface area contributed by atoms with Crippen molar-refractivity contribution in [1.29, 1.82) is 0 Å². The maximum absolute atomic E-state index is 8.78. The lowest BCUT2D eigenvalue weighted by Gasteiger charge is -1.90. The van der Waals surface area contributed by atoms with Crippen LogP contribution < -0.4 is 5.73 Å². The van der Waals surface area contributed by atoms with Gasteiger partial charge in [-0.1, -0.05) is 35.5 Å². The van der Waals surface area contributed by atoms with Crippen LogP contribution in [-0.4, -0.2) is 16.4 Å². The first-order chi connectivity index (χ1) is 7.20. The van der Waals surface area contributed by atoms with Crippen molar-refractivity contribution >= 4 is 6.09 Å². The SMILES string of the molecule is NC(=O)O.c1ccc(-c2ccon2)cc1. The van der Waals surface area contributed by atoms with Gasteiger partial charge in [-0.05, 0) is 0 Å². The Labute approximate surface area is 86.1 Å². The Kier molecular flexibility index (Phi) is 3.91. The van der Waals surface area contributed by atoms with Crippen molar-refractivity contribution in [2.45, 2.75) is 0 Å². The molecule has 5 nitrogen and oxygen atoms in total. The van der Waals surface area contributed by atoms with Gasteiger partial charge in [0.2, 0.25) is 0 Å². The van der Waals surface area contributed by atoms with Gasteiger partial charge in [-0.2, -0.15) is 0 Å². The van der Waals surface area contributed by atoms with Crippen molar-refractivity contribution < 1.29 is 14.4 Å². The number of hydrogen-bond donors (Lipinski definition) is 2. The molecule has 1 aromatic heterocycles. The van der Waals surface area contributed by atoms with E-state index in [2.05, 4.69) is 10.9 Å². The van der Waals surface area contributed by atoms with Crippen LogP contribution in [0.4, 0.5) is 4.79 Å². The molecule has 0 saturated heterocycles. The van der Waals surface area contributed by atoms with Crippen LogP contribution in [0, 0.1) is 0 Å². The first-order valence-electron chi connectivity index (χ1n) is 4.14.